The monoisotopic (exact) mass is 424 g/mol. The van der Waals surface area contributed by atoms with Crippen LogP contribution in [0.15, 0.2) is 42.7 Å². The summed E-state index contributed by atoms with van der Waals surface area (Å²) in [6.45, 7) is 6.79. The minimum Gasteiger partial charge on any atom is -0.461 e. The van der Waals surface area contributed by atoms with E-state index in [1.165, 1.54) is 12.1 Å². The summed E-state index contributed by atoms with van der Waals surface area (Å²) in [7, 11) is 1.76. The highest BCUT2D eigenvalue weighted by Crippen LogP contribution is 2.34. The SMILES string of the molecule is CC(C)OC(=O)C(CC(=O)c1ccn(C)c1)(Nc1cccc(C(F)(F)F)c1)C(C)C. The van der Waals surface area contributed by atoms with Crippen molar-refractivity contribution >= 4 is 17.4 Å². The standard InChI is InChI=1S/C22H27F3N2O3/c1-14(2)21(20(29)30-15(3)4,12-19(28)16-9-10-27(5)13-16)26-18-8-6-7-17(11-18)22(23,24)25/h6-11,13-15,26H,12H2,1-5H3. The Morgan fingerprint density at radius 3 is 2.30 bits per heavy atom. The normalized spacial score (nSPS) is 13.9. The van der Waals surface area contributed by atoms with Crippen LogP contribution in [-0.2, 0) is 22.8 Å². The number of alkyl halides is 3. The summed E-state index contributed by atoms with van der Waals surface area (Å²) in [5.74, 6) is -1.45. The molecule has 8 heteroatoms. The second-order valence-corrected chi connectivity index (χ2v) is 7.95. The van der Waals surface area contributed by atoms with Gasteiger partial charge in [-0.15, -0.1) is 0 Å². The maximum atomic E-state index is 13.1. The molecule has 0 spiro atoms. The number of halogens is 3. The molecule has 5 nitrogen and oxygen atoms in total. The van der Waals surface area contributed by atoms with E-state index in [4.69, 9.17) is 4.74 Å². The van der Waals surface area contributed by atoms with Crippen LogP contribution in [0.3, 0.4) is 0 Å². The fourth-order valence-electron chi connectivity index (χ4n) is 3.13. The number of aromatic nitrogens is 1. The lowest BCUT2D eigenvalue weighted by Crippen LogP contribution is -2.54. The first kappa shape index (κ1) is 23.5. The Bertz CT molecular complexity index is 903. The van der Waals surface area contributed by atoms with Crippen LogP contribution in [-0.4, -0.2) is 28.0 Å². The van der Waals surface area contributed by atoms with Crippen molar-refractivity contribution in [2.45, 2.75) is 51.9 Å². The minimum atomic E-state index is -4.53. The molecule has 0 saturated heterocycles. The Labute approximate surface area is 174 Å². The van der Waals surface area contributed by atoms with Crippen molar-refractivity contribution in [1.82, 2.24) is 4.57 Å². The van der Waals surface area contributed by atoms with Crippen LogP contribution in [0.5, 0.6) is 0 Å². The largest absolute Gasteiger partial charge is 0.461 e. The first-order valence-corrected chi connectivity index (χ1v) is 9.67. The van der Waals surface area contributed by atoms with Gasteiger partial charge in [0.2, 0.25) is 0 Å². The Kier molecular flexibility index (Phi) is 7.00. The number of ether oxygens (including phenoxy) is 1. The van der Waals surface area contributed by atoms with Gasteiger partial charge in [-0.2, -0.15) is 13.2 Å². The minimum absolute atomic E-state index is 0.0834. The van der Waals surface area contributed by atoms with Crippen molar-refractivity contribution in [2.24, 2.45) is 13.0 Å². The van der Waals surface area contributed by atoms with E-state index in [1.54, 1.807) is 57.8 Å². The zero-order valence-corrected chi connectivity index (χ0v) is 17.7. The number of esters is 1. The van der Waals surface area contributed by atoms with Gasteiger partial charge in [-0.25, -0.2) is 4.79 Å². The van der Waals surface area contributed by atoms with Crippen LogP contribution in [0.25, 0.3) is 0 Å². The van der Waals surface area contributed by atoms with Gasteiger partial charge < -0.3 is 14.6 Å². The Morgan fingerprint density at radius 1 is 1.13 bits per heavy atom. The van der Waals surface area contributed by atoms with Gasteiger partial charge in [0.25, 0.3) is 0 Å². The zero-order chi connectivity index (χ0) is 22.7. The molecule has 0 aliphatic carbocycles. The number of rotatable bonds is 8. The lowest BCUT2D eigenvalue weighted by Gasteiger charge is -2.37. The summed E-state index contributed by atoms with van der Waals surface area (Å²) >= 11 is 0. The summed E-state index contributed by atoms with van der Waals surface area (Å²) in [6.07, 6.45) is -1.92. The number of nitrogens with one attached hydrogen (secondary N) is 1. The van der Waals surface area contributed by atoms with Crippen molar-refractivity contribution in [2.75, 3.05) is 5.32 Å². The van der Waals surface area contributed by atoms with E-state index >= 15 is 0 Å². The number of hydrogen-bond acceptors (Lipinski definition) is 4. The maximum Gasteiger partial charge on any atom is 0.416 e. The number of Topliss-reactive ketones (excluding diaryl/α,β-unsaturated/α-hetero) is 1. The zero-order valence-electron chi connectivity index (χ0n) is 17.7. The number of hydrogen-bond donors (Lipinski definition) is 1. The number of carbonyl (C=O) groups excluding carboxylic acids is 2. The molecule has 1 atom stereocenters. The van der Waals surface area contributed by atoms with Crippen LogP contribution in [0.4, 0.5) is 18.9 Å². The molecule has 1 aromatic carbocycles. The molecule has 1 aromatic heterocycles. The molecule has 0 bridgehead atoms. The third-order valence-electron chi connectivity index (χ3n) is 4.84. The van der Waals surface area contributed by atoms with Crippen molar-refractivity contribution in [3.63, 3.8) is 0 Å². The highest BCUT2D eigenvalue weighted by atomic mass is 19.4. The summed E-state index contributed by atoms with van der Waals surface area (Å²) in [5.41, 5.74) is -1.90. The van der Waals surface area contributed by atoms with Crippen LogP contribution in [0.1, 0.15) is 50.0 Å². The molecular weight excluding hydrogens is 397 g/mol. The second-order valence-electron chi connectivity index (χ2n) is 7.95. The van der Waals surface area contributed by atoms with E-state index in [9.17, 15) is 22.8 Å². The Morgan fingerprint density at radius 2 is 1.80 bits per heavy atom. The smallest absolute Gasteiger partial charge is 0.416 e. The number of carbonyl (C=O) groups is 2. The van der Waals surface area contributed by atoms with Gasteiger partial charge >= 0.3 is 12.1 Å². The molecule has 1 heterocycles. The van der Waals surface area contributed by atoms with Crippen LogP contribution < -0.4 is 5.32 Å². The highest BCUT2D eigenvalue weighted by molar-refractivity contribution is 6.01. The van der Waals surface area contributed by atoms with E-state index in [0.29, 0.717) is 5.56 Å². The average Bonchev–Trinajstić information content (AvgIpc) is 3.06. The third-order valence-corrected chi connectivity index (χ3v) is 4.84. The number of aryl methyl sites for hydroxylation is 1. The predicted molar refractivity (Wildman–Crippen MR) is 108 cm³/mol. The number of ketones is 1. The Balaban J connectivity index is 2.48. The summed E-state index contributed by atoms with van der Waals surface area (Å²) in [4.78, 5) is 26.1. The summed E-state index contributed by atoms with van der Waals surface area (Å²) < 4.78 is 46.6. The Hall–Kier alpha value is -2.77. The fourth-order valence-corrected chi connectivity index (χ4v) is 3.13. The molecule has 164 valence electrons. The average molecular weight is 424 g/mol. The van der Waals surface area contributed by atoms with Gasteiger partial charge in [0.1, 0.15) is 5.54 Å². The third kappa shape index (κ3) is 5.43. The van der Waals surface area contributed by atoms with Crippen molar-refractivity contribution in [3.05, 3.63) is 53.9 Å². The molecule has 2 aromatic rings. The molecule has 0 aliphatic heterocycles. The predicted octanol–water partition coefficient (Wildman–Crippen LogP) is 5.08. The molecule has 0 saturated carbocycles. The van der Waals surface area contributed by atoms with E-state index in [-0.39, 0.29) is 17.9 Å². The molecule has 2 rings (SSSR count). The van der Waals surface area contributed by atoms with Crippen LogP contribution in [0, 0.1) is 5.92 Å². The van der Waals surface area contributed by atoms with Gasteiger partial charge in [-0.05, 0) is 44.0 Å². The second kappa shape index (κ2) is 8.93. The van der Waals surface area contributed by atoms with E-state index in [0.717, 1.165) is 12.1 Å². The van der Waals surface area contributed by atoms with Crippen molar-refractivity contribution in [1.29, 1.82) is 0 Å². The number of nitrogens with zero attached hydrogens (tertiary/aromatic N) is 1. The molecule has 0 aliphatic rings. The molecule has 30 heavy (non-hydrogen) atoms. The lowest BCUT2D eigenvalue weighted by molar-refractivity contribution is -0.154. The molecular formula is C22H27F3N2O3. The number of benzene rings is 1. The van der Waals surface area contributed by atoms with Crippen molar-refractivity contribution < 1.29 is 27.5 Å². The van der Waals surface area contributed by atoms with Crippen LogP contribution in [0.2, 0.25) is 0 Å². The molecule has 0 amide bonds. The topological polar surface area (TPSA) is 60.3 Å². The van der Waals surface area contributed by atoms with Gasteiger partial charge in [-0.1, -0.05) is 19.9 Å². The van der Waals surface area contributed by atoms with E-state index in [1.807, 2.05) is 0 Å². The number of anilines is 1. The van der Waals surface area contributed by atoms with Crippen molar-refractivity contribution in [3.8, 4) is 0 Å². The summed E-state index contributed by atoms with van der Waals surface area (Å²) in [5, 5.41) is 2.91. The molecule has 0 fully saturated rings. The van der Waals surface area contributed by atoms with Gasteiger partial charge in [-0.3, -0.25) is 4.79 Å². The van der Waals surface area contributed by atoms with E-state index < -0.39 is 35.3 Å². The van der Waals surface area contributed by atoms with Gasteiger partial charge in [0.05, 0.1) is 11.7 Å². The molecule has 1 unspecified atom stereocenters. The molecule has 1 N–H and O–H groups in total. The summed E-state index contributed by atoms with van der Waals surface area (Å²) in [6, 6.07) is 6.19. The quantitative estimate of drug-likeness (QED) is 0.475. The van der Waals surface area contributed by atoms with Gasteiger partial charge in [0.15, 0.2) is 5.78 Å². The maximum absolute atomic E-state index is 13.1. The lowest BCUT2D eigenvalue weighted by atomic mass is 9.80. The first-order valence-electron chi connectivity index (χ1n) is 9.67. The fraction of sp³-hybridized carbons (Fsp3) is 0.455. The highest BCUT2D eigenvalue weighted by Gasteiger charge is 2.46. The first-order chi connectivity index (χ1) is 13.8. The van der Waals surface area contributed by atoms with Gasteiger partial charge in [0, 0.05) is 37.1 Å². The van der Waals surface area contributed by atoms with Crippen LogP contribution >= 0.6 is 0 Å². The van der Waals surface area contributed by atoms with E-state index in [2.05, 4.69) is 5.32 Å². The molecule has 0 radical (unpaired) electrons.